The number of aliphatic hydroxyl groups excluding tert-OH is 1. The van der Waals surface area contributed by atoms with Crippen molar-refractivity contribution in [3.05, 3.63) is 77.7 Å². The third-order valence-electron chi connectivity index (χ3n) is 7.05. The molecule has 0 bridgehead atoms. The zero-order chi connectivity index (χ0) is 22.1. The maximum Gasteiger partial charge on any atom is 0.248 e. The Kier molecular flexibility index (Phi) is 5.81. The number of primary amides is 1. The Labute approximate surface area is 188 Å². The predicted octanol–water partition coefficient (Wildman–Crippen LogP) is 4.08. The second kappa shape index (κ2) is 8.88. The Morgan fingerprint density at radius 3 is 2.62 bits per heavy atom. The average Bonchev–Trinajstić information content (AvgIpc) is 3.41. The molecule has 6 nitrogen and oxygen atoms in total. The summed E-state index contributed by atoms with van der Waals surface area (Å²) in [6, 6.07) is 15.8. The van der Waals surface area contributed by atoms with Gasteiger partial charge in [-0.15, -0.1) is 0 Å². The van der Waals surface area contributed by atoms with Gasteiger partial charge in [0.15, 0.2) is 0 Å². The Balaban J connectivity index is 1.14. The fourth-order valence-corrected chi connectivity index (χ4v) is 5.21. The molecule has 1 unspecified atom stereocenters. The number of benzene rings is 2. The van der Waals surface area contributed by atoms with E-state index in [1.807, 2.05) is 24.7 Å². The topological polar surface area (TPSA) is 90.4 Å². The smallest absolute Gasteiger partial charge is 0.248 e. The van der Waals surface area contributed by atoms with Crippen molar-refractivity contribution in [2.24, 2.45) is 11.7 Å². The lowest BCUT2D eigenvalue weighted by atomic mass is 9.81. The molecule has 3 aromatic rings. The van der Waals surface area contributed by atoms with Gasteiger partial charge in [0.1, 0.15) is 0 Å². The molecule has 0 radical (unpaired) electrons. The molecular formula is C26H29N3O3. The molecule has 166 valence electrons. The molecule has 0 saturated heterocycles. The van der Waals surface area contributed by atoms with Gasteiger partial charge in [0.2, 0.25) is 5.91 Å². The van der Waals surface area contributed by atoms with E-state index in [-0.39, 0.29) is 18.2 Å². The van der Waals surface area contributed by atoms with E-state index < -0.39 is 5.91 Å². The SMILES string of the molecule is NC(=O)c1ccc(COC2CCC([C@@H](O)CC3c4ccccc4-c4cncn43)CC2)cc1. The number of amides is 1. The molecule has 2 atom stereocenters. The van der Waals surface area contributed by atoms with Crippen LogP contribution in [-0.4, -0.2) is 32.8 Å². The first kappa shape index (κ1) is 20.9. The molecule has 5 rings (SSSR count). The van der Waals surface area contributed by atoms with Gasteiger partial charge in [-0.25, -0.2) is 4.98 Å². The van der Waals surface area contributed by atoms with Gasteiger partial charge < -0.3 is 20.1 Å². The highest BCUT2D eigenvalue weighted by Gasteiger charge is 2.33. The second-order valence-corrected chi connectivity index (χ2v) is 9.00. The summed E-state index contributed by atoms with van der Waals surface area (Å²) in [4.78, 5) is 15.5. The van der Waals surface area contributed by atoms with Crippen molar-refractivity contribution in [3.8, 4) is 11.3 Å². The van der Waals surface area contributed by atoms with Gasteiger partial charge in [-0.3, -0.25) is 4.79 Å². The number of ether oxygens (including phenoxy) is 1. The highest BCUT2D eigenvalue weighted by molar-refractivity contribution is 5.92. The summed E-state index contributed by atoms with van der Waals surface area (Å²) >= 11 is 0. The Hall–Kier alpha value is -2.96. The van der Waals surface area contributed by atoms with Crippen LogP contribution in [-0.2, 0) is 11.3 Å². The molecular weight excluding hydrogens is 402 g/mol. The van der Waals surface area contributed by atoms with E-state index in [1.165, 1.54) is 11.1 Å². The summed E-state index contributed by atoms with van der Waals surface area (Å²) in [5.74, 6) is -0.121. The second-order valence-electron chi connectivity index (χ2n) is 9.00. The lowest BCUT2D eigenvalue weighted by Crippen LogP contribution is -2.30. The number of nitrogens with two attached hydrogens (primary N) is 1. The number of carbonyl (C=O) groups is 1. The first-order valence-corrected chi connectivity index (χ1v) is 11.4. The molecule has 1 aliphatic carbocycles. The van der Waals surface area contributed by atoms with Crippen LogP contribution in [0.3, 0.4) is 0 Å². The summed E-state index contributed by atoms with van der Waals surface area (Å²) in [6.07, 6.45) is 8.23. The summed E-state index contributed by atoms with van der Waals surface area (Å²) in [5.41, 5.74) is 10.5. The van der Waals surface area contributed by atoms with Crippen molar-refractivity contribution >= 4 is 5.91 Å². The Morgan fingerprint density at radius 2 is 1.88 bits per heavy atom. The maximum atomic E-state index is 11.2. The molecule has 2 aromatic carbocycles. The third kappa shape index (κ3) is 4.08. The number of aliphatic hydroxyl groups is 1. The van der Waals surface area contributed by atoms with E-state index in [4.69, 9.17) is 10.5 Å². The van der Waals surface area contributed by atoms with Crippen LogP contribution in [0, 0.1) is 5.92 Å². The molecule has 1 aliphatic heterocycles. The molecule has 1 aromatic heterocycles. The van der Waals surface area contributed by atoms with E-state index in [0.717, 1.165) is 36.9 Å². The predicted molar refractivity (Wildman–Crippen MR) is 122 cm³/mol. The van der Waals surface area contributed by atoms with Gasteiger partial charge in [-0.05, 0) is 61.3 Å². The number of aromatic nitrogens is 2. The molecule has 6 heteroatoms. The minimum atomic E-state index is -0.417. The van der Waals surface area contributed by atoms with Gasteiger partial charge >= 0.3 is 0 Å². The van der Waals surface area contributed by atoms with Crippen molar-refractivity contribution < 1.29 is 14.6 Å². The number of imidazole rings is 1. The van der Waals surface area contributed by atoms with Gasteiger partial charge in [0.05, 0.1) is 43.1 Å². The molecule has 1 fully saturated rings. The maximum absolute atomic E-state index is 11.2. The lowest BCUT2D eigenvalue weighted by molar-refractivity contribution is -0.0160. The van der Waals surface area contributed by atoms with Crippen LogP contribution < -0.4 is 5.73 Å². The molecule has 3 N–H and O–H groups in total. The molecule has 1 amide bonds. The fourth-order valence-electron chi connectivity index (χ4n) is 5.21. The number of hydrogen-bond acceptors (Lipinski definition) is 4. The van der Waals surface area contributed by atoms with E-state index in [2.05, 4.69) is 33.8 Å². The zero-order valence-electron chi connectivity index (χ0n) is 18.1. The van der Waals surface area contributed by atoms with Crippen molar-refractivity contribution in [1.82, 2.24) is 9.55 Å². The van der Waals surface area contributed by atoms with Gasteiger partial charge in [-0.2, -0.15) is 0 Å². The van der Waals surface area contributed by atoms with Gasteiger partial charge in [0, 0.05) is 11.1 Å². The summed E-state index contributed by atoms with van der Waals surface area (Å²) in [6.45, 7) is 0.527. The van der Waals surface area contributed by atoms with Crippen LogP contribution in [0.1, 0.15) is 59.6 Å². The first-order chi connectivity index (χ1) is 15.6. The van der Waals surface area contributed by atoms with E-state index in [9.17, 15) is 9.90 Å². The fraction of sp³-hybridized carbons (Fsp3) is 0.385. The van der Waals surface area contributed by atoms with Crippen molar-refractivity contribution in [2.75, 3.05) is 0 Å². The molecule has 32 heavy (non-hydrogen) atoms. The third-order valence-corrected chi connectivity index (χ3v) is 7.05. The zero-order valence-corrected chi connectivity index (χ0v) is 18.1. The normalized spacial score (nSPS) is 22.8. The quantitative estimate of drug-likeness (QED) is 0.590. The minimum absolute atomic E-state index is 0.149. The number of hydrogen-bond donors (Lipinski definition) is 2. The number of nitrogens with zero attached hydrogens (tertiary/aromatic N) is 2. The molecule has 2 heterocycles. The highest BCUT2D eigenvalue weighted by atomic mass is 16.5. The monoisotopic (exact) mass is 431 g/mol. The van der Waals surface area contributed by atoms with Crippen molar-refractivity contribution in [1.29, 1.82) is 0 Å². The molecule has 2 aliphatic rings. The van der Waals surface area contributed by atoms with Crippen LogP contribution in [0.2, 0.25) is 0 Å². The van der Waals surface area contributed by atoms with Crippen molar-refractivity contribution in [3.63, 3.8) is 0 Å². The standard InChI is InChI=1S/C26H29N3O3/c27-26(31)19-7-5-17(6-8-19)15-32-20-11-9-18(10-12-20)25(30)13-23-21-3-1-2-4-22(21)24-14-28-16-29(23)24/h1-8,14,16,18,20,23,25,30H,9-13,15H2,(H2,27,31)/t18?,20?,23?,25-/m0/s1. The summed E-state index contributed by atoms with van der Waals surface area (Å²) in [7, 11) is 0. The van der Waals surface area contributed by atoms with Crippen LogP contribution >= 0.6 is 0 Å². The number of carbonyl (C=O) groups excluding carboxylic acids is 1. The van der Waals surface area contributed by atoms with E-state index >= 15 is 0 Å². The summed E-state index contributed by atoms with van der Waals surface area (Å²) < 4.78 is 8.30. The van der Waals surface area contributed by atoms with Crippen LogP contribution in [0.5, 0.6) is 0 Å². The van der Waals surface area contributed by atoms with Crippen LogP contribution in [0.4, 0.5) is 0 Å². The Bertz CT molecular complexity index is 1080. The Morgan fingerprint density at radius 1 is 1.12 bits per heavy atom. The molecule has 0 spiro atoms. The largest absolute Gasteiger partial charge is 0.393 e. The van der Waals surface area contributed by atoms with Gasteiger partial charge in [-0.1, -0.05) is 36.4 Å². The first-order valence-electron chi connectivity index (χ1n) is 11.4. The molecule has 1 saturated carbocycles. The number of fused-ring (bicyclic) bond motifs is 3. The lowest BCUT2D eigenvalue weighted by Gasteiger charge is -2.32. The van der Waals surface area contributed by atoms with Gasteiger partial charge in [0.25, 0.3) is 0 Å². The van der Waals surface area contributed by atoms with E-state index in [1.54, 1.807) is 12.1 Å². The number of rotatable bonds is 7. The summed E-state index contributed by atoms with van der Waals surface area (Å²) in [5, 5.41) is 11.1. The minimum Gasteiger partial charge on any atom is -0.393 e. The highest BCUT2D eigenvalue weighted by Crippen LogP contribution is 2.42. The van der Waals surface area contributed by atoms with Crippen molar-refractivity contribution in [2.45, 2.75) is 57.0 Å². The van der Waals surface area contributed by atoms with Crippen LogP contribution in [0.25, 0.3) is 11.3 Å². The van der Waals surface area contributed by atoms with Crippen LogP contribution in [0.15, 0.2) is 61.1 Å². The van der Waals surface area contributed by atoms with E-state index in [0.29, 0.717) is 24.5 Å². The average molecular weight is 432 g/mol.